The van der Waals surface area contributed by atoms with Gasteiger partial charge in [-0.05, 0) is 19.1 Å². The van der Waals surface area contributed by atoms with Crippen molar-refractivity contribution < 1.29 is 14.4 Å². The van der Waals surface area contributed by atoms with Gasteiger partial charge in [-0.2, -0.15) is 0 Å². The van der Waals surface area contributed by atoms with Crippen LogP contribution in [0.25, 0.3) is 10.6 Å². The van der Waals surface area contributed by atoms with E-state index in [1.54, 1.807) is 11.3 Å². The van der Waals surface area contributed by atoms with Gasteiger partial charge in [0.2, 0.25) is 17.7 Å². The highest BCUT2D eigenvalue weighted by atomic mass is 32.1. The van der Waals surface area contributed by atoms with Crippen molar-refractivity contribution in [3.8, 4) is 10.6 Å². The van der Waals surface area contributed by atoms with Gasteiger partial charge in [0.25, 0.3) is 0 Å². The maximum atomic E-state index is 11.9. The summed E-state index contributed by atoms with van der Waals surface area (Å²) < 4.78 is 0. The Morgan fingerprint density at radius 1 is 1.30 bits per heavy atom. The molecule has 1 N–H and O–H groups in total. The van der Waals surface area contributed by atoms with Crippen LogP contribution in [0.3, 0.4) is 0 Å². The quantitative estimate of drug-likeness (QED) is 0.842. The Morgan fingerprint density at radius 2 is 2.04 bits per heavy atom. The molecule has 1 aliphatic heterocycles. The maximum Gasteiger partial charge on any atom is 0.229 e. The van der Waals surface area contributed by atoms with E-state index >= 15 is 0 Å². The second kappa shape index (κ2) is 6.59. The number of carbonyl (C=O) groups excluding carboxylic acids is 3. The number of likely N-dealkylation sites (tertiary alicyclic amines) is 1. The van der Waals surface area contributed by atoms with E-state index < -0.39 is 0 Å². The van der Waals surface area contributed by atoms with Gasteiger partial charge in [0.05, 0.1) is 10.6 Å². The van der Waals surface area contributed by atoms with Crippen molar-refractivity contribution in [3.05, 3.63) is 22.4 Å². The van der Waals surface area contributed by atoms with E-state index in [1.165, 1.54) is 16.2 Å². The van der Waals surface area contributed by atoms with Crippen molar-refractivity contribution in [1.29, 1.82) is 0 Å². The first kappa shape index (κ1) is 15.8. The Labute approximate surface area is 141 Å². The fourth-order valence-corrected chi connectivity index (χ4v) is 3.91. The molecule has 2 aromatic rings. The molecule has 1 fully saturated rings. The van der Waals surface area contributed by atoms with Crippen LogP contribution in [0.5, 0.6) is 0 Å². The number of thiazole rings is 1. The van der Waals surface area contributed by atoms with Gasteiger partial charge in [0.15, 0.2) is 5.13 Å². The number of aryl methyl sites for hydroxylation is 1. The third kappa shape index (κ3) is 3.65. The summed E-state index contributed by atoms with van der Waals surface area (Å²) in [4.78, 5) is 42.7. The van der Waals surface area contributed by atoms with Crippen LogP contribution >= 0.6 is 22.7 Å². The second-order valence-corrected chi connectivity index (χ2v) is 7.33. The summed E-state index contributed by atoms with van der Waals surface area (Å²) in [5.41, 5.74) is 0.841. The third-order valence-electron chi connectivity index (χ3n) is 3.46. The Balaban J connectivity index is 1.55. The molecule has 0 aromatic carbocycles. The van der Waals surface area contributed by atoms with E-state index in [1.807, 2.05) is 24.4 Å². The molecular formula is C15H15N3O3S2. The summed E-state index contributed by atoms with van der Waals surface area (Å²) >= 11 is 3.01. The zero-order valence-corrected chi connectivity index (χ0v) is 14.1. The van der Waals surface area contributed by atoms with Gasteiger partial charge in [-0.1, -0.05) is 0 Å². The van der Waals surface area contributed by atoms with E-state index in [4.69, 9.17) is 0 Å². The van der Waals surface area contributed by atoms with E-state index in [0.29, 0.717) is 5.13 Å². The summed E-state index contributed by atoms with van der Waals surface area (Å²) in [6.45, 7) is 2.16. The van der Waals surface area contributed by atoms with E-state index in [9.17, 15) is 14.4 Å². The summed E-state index contributed by atoms with van der Waals surface area (Å²) in [5.74, 6) is -0.652. The molecule has 8 heteroatoms. The second-order valence-electron chi connectivity index (χ2n) is 5.19. The van der Waals surface area contributed by atoms with E-state index in [2.05, 4.69) is 10.3 Å². The van der Waals surface area contributed by atoms with Crippen LogP contribution in [0.15, 0.2) is 17.5 Å². The zero-order valence-electron chi connectivity index (χ0n) is 12.5. The highest BCUT2D eigenvalue weighted by Crippen LogP contribution is 2.30. The van der Waals surface area contributed by atoms with Gasteiger partial charge in [-0.3, -0.25) is 19.3 Å². The molecule has 1 aliphatic rings. The molecule has 1 saturated heterocycles. The minimum absolute atomic E-state index is 0.0878. The SMILES string of the molecule is Cc1ccc(-c2csc(NC(=O)CCN3C(=O)CCC3=O)n2)s1. The Morgan fingerprint density at radius 3 is 2.70 bits per heavy atom. The molecule has 2 aromatic heterocycles. The van der Waals surface area contributed by atoms with Crippen molar-refractivity contribution in [2.75, 3.05) is 11.9 Å². The van der Waals surface area contributed by atoms with Gasteiger partial charge in [-0.15, -0.1) is 22.7 Å². The van der Waals surface area contributed by atoms with Crippen molar-refractivity contribution in [2.24, 2.45) is 0 Å². The summed E-state index contributed by atoms with van der Waals surface area (Å²) in [5, 5.41) is 5.14. The lowest BCUT2D eigenvalue weighted by Gasteiger charge is -2.12. The van der Waals surface area contributed by atoms with Gasteiger partial charge in [0, 0.05) is 36.1 Å². The molecule has 3 rings (SSSR count). The van der Waals surface area contributed by atoms with Gasteiger partial charge in [-0.25, -0.2) is 4.98 Å². The number of hydrogen-bond acceptors (Lipinski definition) is 6. The van der Waals surface area contributed by atoms with Crippen LogP contribution in [0.1, 0.15) is 24.1 Å². The summed E-state index contributed by atoms with van der Waals surface area (Å²) in [7, 11) is 0. The van der Waals surface area contributed by atoms with Crippen molar-refractivity contribution >= 4 is 45.5 Å². The number of hydrogen-bond donors (Lipinski definition) is 1. The number of anilines is 1. The fraction of sp³-hybridized carbons (Fsp3) is 0.333. The first-order valence-electron chi connectivity index (χ1n) is 7.18. The van der Waals surface area contributed by atoms with Crippen molar-refractivity contribution in [3.63, 3.8) is 0 Å². The van der Waals surface area contributed by atoms with Crippen LogP contribution in [0, 0.1) is 6.92 Å². The molecule has 23 heavy (non-hydrogen) atoms. The lowest BCUT2D eigenvalue weighted by atomic mass is 10.3. The van der Waals surface area contributed by atoms with E-state index in [-0.39, 0.29) is 43.5 Å². The minimum Gasteiger partial charge on any atom is -0.302 e. The summed E-state index contributed by atoms with van der Waals surface area (Å²) in [6, 6.07) is 4.03. The predicted octanol–water partition coefficient (Wildman–Crippen LogP) is 2.66. The molecule has 0 atom stereocenters. The first-order chi connectivity index (χ1) is 11.0. The van der Waals surface area contributed by atoms with Gasteiger partial charge >= 0.3 is 0 Å². The molecule has 0 spiro atoms. The predicted molar refractivity (Wildman–Crippen MR) is 89.4 cm³/mol. The largest absolute Gasteiger partial charge is 0.302 e. The highest BCUT2D eigenvalue weighted by molar-refractivity contribution is 7.17. The lowest BCUT2D eigenvalue weighted by Crippen LogP contribution is -2.32. The topological polar surface area (TPSA) is 79.4 Å². The first-order valence-corrected chi connectivity index (χ1v) is 8.88. The van der Waals surface area contributed by atoms with Crippen LogP contribution in [0.2, 0.25) is 0 Å². The molecule has 0 bridgehead atoms. The molecule has 0 aliphatic carbocycles. The molecule has 3 heterocycles. The Kier molecular flexibility index (Phi) is 4.53. The molecule has 120 valence electrons. The fourth-order valence-electron chi connectivity index (χ4n) is 2.28. The smallest absolute Gasteiger partial charge is 0.229 e. The average Bonchev–Trinajstić information content (AvgIpc) is 3.20. The summed E-state index contributed by atoms with van der Waals surface area (Å²) in [6.07, 6.45) is 0.581. The van der Waals surface area contributed by atoms with Crippen molar-refractivity contribution in [2.45, 2.75) is 26.2 Å². The van der Waals surface area contributed by atoms with Crippen LogP contribution in [0.4, 0.5) is 5.13 Å². The number of amides is 3. The number of imide groups is 1. The van der Waals surface area contributed by atoms with Crippen molar-refractivity contribution in [1.82, 2.24) is 9.88 Å². The average molecular weight is 349 g/mol. The van der Waals surface area contributed by atoms with Crippen LogP contribution < -0.4 is 5.32 Å². The molecule has 6 nitrogen and oxygen atoms in total. The number of nitrogens with one attached hydrogen (secondary N) is 1. The number of nitrogens with zero attached hydrogens (tertiary/aromatic N) is 2. The number of carbonyl (C=O) groups is 3. The third-order valence-corrected chi connectivity index (χ3v) is 5.24. The monoisotopic (exact) mass is 349 g/mol. The molecule has 0 saturated carbocycles. The number of rotatable bonds is 5. The normalized spacial score (nSPS) is 14.6. The molecule has 3 amide bonds. The molecule has 0 unspecified atom stereocenters. The van der Waals surface area contributed by atoms with Gasteiger partial charge < -0.3 is 5.32 Å². The molecule has 0 radical (unpaired) electrons. The molecular weight excluding hydrogens is 334 g/mol. The van der Waals surface area contributed by atoms with Crippen LogP contribution in [-0.4, -0.2) is 34.2 Å². The number of thiophene rings is 1. The standard InChI is InChI=1S/C15H15N3O3S2/c1-9-2-3-11(23-9)10-8-22-15(16-10)17-12(19)6-7-18-13(20)4-5-14(18)21/h2-3,8H,4-7H2,1H3,(H,16,17,19). The van der Waals surface area contributed by atoms with E-state index in [0.717, 1.165) is 15.5 Å². The maximum absolute atomic E-state index is 11.9. The highest BCUT2D eigenvalue weighted by Gasteiger charge is 2.28. The Bertz CT molecular complexity index is 750. The number of aromatic nitrogens is 1. The lowest BCUT2D eigenvalue weighted by molar-refractivity contribution is -0.138. The Hall–Kier alpha value is -2.06. The van der Waals surface area contributed by atoms with Crippen LogP contribution in [-0.2, 0) is 14.4 Å². The zero-order chi connectivity index (χ0) is 16.4. The van der Waals surface area contributed by atoms with Gasteiger partial charge in [0.1, 0.15) is 0 Å². The minimum atomic E-state index is -0.249.